The van der Waals surface area contributed by atoms with Gasteiger partial charge in [0.15, 0.2) is 0 Å². The van der Waals surface area contributed by atoms with E-state index in [9.17, 15) is 13.7 Å². The van der Waals surface area contributed by atoms with Crippen LogP contribution in [0, 0.1) is 0 Å². The van der Waals surface area contributed by atoms with Gasteiger partial charge in [0.25, 0.3) is 0 Å². The van der Waals surface area contributed by atoms with Crippen LogP contribution in [0.1, 0.15) is 54.4 Å². The molecule has 1 aliphatic heterocycles. The molecule has 15 heteroatoms. The van der Waals surface area contributed by atoms with E-state index in [1.54, 1.807) is 27.7 Å². The van der Waals surface area contributed by atoms with Crippen molar-refractivity contribution in [2.45, 2.75) is 60.5 Å². The predicted molar refractivity (Wildman–Crippen MR) is 147 cm³/mol. The van der Waals surface area contributed by atoms with Gasteiger partial charge < -0.3 is 13.7 Å². The first kappa shape index (κ1) is 36.4. The average Bonchev–Trinajstić information content (AvgIpc) is 3.63. The summed E-state index contributed by atoms with van der Waals surface area (Å²) in [4.78, 5) is 0. The van der Waals surface area contributed by atoms with E-state index in [2.05, 4.69) is 0 Å². The highest BCUT2D eigenvalue weighted by molar-refractivity contribution is 7.58. The Kier molecular flexibility index (Phi) is 17.9. The third-order valence-corrected chi connectivity index (χ3v) is 12.0. The first-order chi connectivity index (χ1) is 18.1. The molecule has 38 heavy (non-hydrogen) atoms. The third kappa shape index (κ3) is 14.3. The van der Waals surface area contributed by atoms with Crippen molar-refractivity contribution in [1.29, 1.82) is 0 Å². The quantitative estimate of drug-likeness (QED) is 0.0678. The van der Waals surface area contributed by atoms with Crippen LogP contribution in [-0.2, 0) is 50.1 Å². The summed E-state index contributed by atoms with van der Waals surface area (Å²) in [5, 5.41) is 0. The fourth-order valence-corrected chi connectivity index (χ4v) is 8.67. The van der Waals surface area contributed by atoms with Crippen LogP contribution in [0.2, 0.25) is 0 Å². The summed E-state index contributed by atoms with van der Waals surface area (Å²) in [6.45, 7) is 14.5. The Morgan fingerprint density at radius 2 is 1.00 bits per heavy atom. The van der Waals surface area contributed by atoms with Crippen molar-refractivity contribution >= 4 is 23.0 Å². The molecule has 0 aromatic rings. The maximum atomic E-state index is 13.3. The maximum Gasteiger partial charge on any atom is 0.474 e. The molecule has 12 nitrogen and oxygen atoms in total. The van der Waals surface area contributed by atoms with Crippen molar-refractivity contribution in [3.05, 3.63) is 0 Å². The van der Waals surface area contributed by atoms with Crippen LogP contribution in [0.5, 0.6) is 0 Å². The first-order valence-electron chi connectivity index (χ1n) is 13.8. The van der Waals surface area contributed by atoms with Gasteiger partial charge in [-0.15, -0.1) is 0 Å². The van der Waals surface area contributed by atoms with Gasteiger partial charge in [-0.2, -0.15) is 0 Å². The molecule has 0 aromatic carbocycles. The molecule has 0 amide bonds. The molecule has 1 heterocycles. The largest absolute Gasteiger partial charge is 0.474 e. The molecule has 1 aliphatic rings. The number of epoxide rings is 1. The van der Waals surface area contributed by atoms with E-state index < -0.39 is 23.0 Å². The lowest BCUT2D eigenvalue weighted by Crippen LogP contribution is -2.55. The number of quaternary nitrogens is 1. The standard InChI is InChI=1S/C23H51NO11P3/c1-7-19-36(25,20-8-2)33-16-13-24(21-23-22-28-23,14-17-34-37(26,29-9-3)30-10-4)15-18-35-38(27,31-11-5)32-12-6/h23H,7-22H2,1-6H3/q+1. The Bertz CT molecular complexity index is 663. The molecule has 0 bridgehead atoms. The number of phosphoric ester groups is 2. The lowest BCUT2D eigenvalue weighted by atomic mass is 10.2. The van der Waals surface area contributed by atoms with E-state index in [4.69, 9.17) is 36.4 Å². The predicted octanol–water partition coefficient (Wildman–Crippen LogP) is 5.71. The second-order valence-corrected chi connectivity index (χ2v) is 15.1. The molecule has 0 spiro atoms. The minimum atomic E-state index is -3.70. The van der Waals surface area contributed by atoms with Gasteiger partial charge in [-0.1, -0.05) is 13.8 Å². The van der Waals surface area contributed by atoms with E-state index in [1.165, 1.54) is 0 Å². The fourth-order valence-electron chi connectivity index (χ4n) is 4.09. The Hall–Kier alpha value is 0.330. The van der Waals surface area contributed by atoms with Crippen molar-refractivity contribution < 1.29 is 54.6 Å². The molecule has 1 atom stereocenters. The van der Waals surface area contributed by atoms with Gasteiger partial charge in [-0.3, -0.25) is 31.7 Å². The molecule has 0 aromatic heterocycles. The van der Waals surface area contributed by atoms with Gasteiger partial charge in [0.2, 0.25) is 7.37 Å². The zero-order valence-corrected chi connectivity index (χ0v) is 26.9. The van der Waals surface area contributed by atoms with Crippen LogP contribution in [0.4, 0.5) is 0 Å². The second-order valence-electron chi connectivity index (χ2n) is 8.98. The normalized spacial score (nSPS) is 16.7. The zero-order valence-electron chi connectivity index (χ0n) is 24.2. The number of phosphoric acid groups is 2. The van der Waals surface area contributed by atoms with Crippen LogP contribution >= 0.6 is 23.0 Å². The molecule has 0 aliphatic carbocycles. The minimum absolute atomic E-state index is 0.0317. The summed E-state index contributed by atoms with van der Waals surface area (Å²) in [7, 11) is -10.1. The van der Waals surface area contributed by atoms with Gasteiger partial charge in [-0.25, -0.2) is 9.13 Å². The smallest absolute Gasteiger partial charge is 0.367 e. The van der Waals surface area contributed by atoms with Gasteiger partial charge >= 0.3 is 15.6 Å². The molecule has 1 fully saturated rings. The van der Waals surface area contributed by atoms with Crippen LogP contribution in [0.15, 0.2) is 0 Å². The summed E-state index contributed by atoms with van der Waals surface area (Å²) in [6, 6.07) is 0. The monoisotopic (exact) mass is 610 g/mol. The first-order valence-corrected chi connectivity index (χ1v) is 18.7. The summed E-state index contributed by atoms with van der Waals surface area (Å²) < 4.78 is 83.2. The van der Waals surface area contributed by atoms with Crippen molar-refractivity contribution in [3.63, 3.8) is 0 Å². The minimum Gasteiger partial charge on any atom is -0.367 e. The number of rotatable bonds is 26. The second kappa shape index (κ2) is 18.7. The zero-order chi connectivity index (χ0) is 28.5. The Labute approximate surface area is 229 Å². The molecule has 1 unspecified atom stereocenters. The van der Waals surface area contributed by atoms with Crippen LogP contribution in [-0.4, -0.2) is 102 Å². The van der Waals surface area contributed by atoms with Crippen molar-refractivity contribution in [1.82, 2.24) is 0 Å². The highest BCUT2D eigenvalue weighted by Crippen LogP contribution is 2.50. The number of hydrogen-bond acceptors (Lipinski definition) is 11. The van der Waals surface area contributed by atoms with E-state index in [-0.39, 0.29) is 52.4 Å². The van der Waals surface area contributed by atoms with Crippen LogP contribution < -0.4 is 0 Å². The average molecular weight is 611 g/mol. The van der Waals surface area contributed by atoms with E-state index in [1.807, 2.05) is 13.8 Å². The molecule has 0 radical (unpaired) electrons. The molecule has 0 N–H and O–H groups in total. The molecule has 1 saturated heterocycles. The highest BCUT2D eigenvalue weighted by atomic mass is 31.2. The lowest BCUT2D eigenvalue weighted by molar-refractivity contribution is -0.928. The lowest BCUT2D eigenvalue weighted by Gasteiger charge is -2.39. The van der Waals surface area contributed by atoms with E-state index in [0.29, 0.717) is 49.6 Å². The van der Waals surface area contributed by atoms with Gasteiger partial charge in [0.1, 0.15) is 52.1 Å². The van der Waals surface area contributed by atoms with Crippen LogP contribution in [0.3, 0.4) is 0 Å². The topological polar surface area (TPSA) is 128 Å². The van der Waals surface area contributed by atoms with Crippen LogP contribution in [0.25, 0.3) is 0 Å². The Balaban J connectivity index is 3.05. The summed E-state index contributed by atoms with van der Waals surface area (Å²) in [5.41, 5.74) is 0. The Morgan fingerprint density at radius 3 is 1.32 bits per heavy atom. The Morgan fingerprint density at radius 1 is 0.632 bits per heavy atom. The SMILES string of the molecule is CCCP(=O)(CCC)OCC[N+](CCOP(=O)(OCC)OCC)(CCOP(=O)(OCC)OCC)CC1CO1. The van der Waals surface area contributed by atoms with E-state index in [0.717, 1.165) is 12.8 Å². The van der Waals surface area contributed by atoms with Crippen molar-refractivity contribution in [3.8, 4) is 0 Å². The molecular formula is C23H51NO11P3+. The van der Waals surface area contributed by atoms with E-state index >= 15 is 0 Å². The van der Waals surface area contributed by atoms with Gasteiger partial charge in [-0.05, 0) is 40.5 Å². The summed E-state index contributed by atoms with van der Waals surface area (Å²) >= 11 is 0. The number of ether oxygens (including phenoxy) is 1. The third-order valence-electron chi connectivity index (χ3n) is 5.79. The maximum absolute atomic E-state index is 13.3. The molecular weight excluding hydrogens is 559 g/mol. The molecule has 0 saturated carbocycles. The molecule has 1 rings (SSSR count). The fraction of sp³-hybridized carbons (Fsp3) is 1.00. The summed E-state index contributed by atoms with van der Waals surface area (Å²) in [6.07, 6.45) is 2.67. The van der Waals surface area contributed by atoms with Gasteiger partial charge in [0, 0.05) is 12.3 Å². The van der Waals surface area contributed by atoms with Crippen molar-refractivity contribution in [2.24, 2.45) is 0 Å². The summed E-state index contributed by atoms with van der Waals surface area (Å²) in [5.74, 6) is 0. The van der Waals surface area contributed by atoms with Gasteiger partial charge in [0.05, 0.1) is 33.0 Å². The molecule has 228 valence electrons. The number of nitrogens with zero attached hydrogens (tertiary/aromatic N) is 1. The highest BCUT2D eigenvalue weighted by Gasteiger charge is 2.39. The number of hydrogen-bond donors (Lipinski definition) is 0. The van der Waals surface area contributed by atoms with Crippen molar-refractivity contribution in [2.75, 3.05) is 91.4 Å².